The summed E-state index contributed by atoms with van der Waals surface area (Å²) in [7, 11) is 0. The van der Waals surface area contributed by atoms with Gasteiger partial charge in [-0.2, -0.15) is 0 Å². The van der Waals surface area contributed by atoms with Gasteiger partial charge in [0.05, 0.1) is 10.5 Å². The zero-order valence-electron chi connectivity index (χ0n) is 10.9. The molecule has 0 heterocycles. The molecule has 20 heavy (non-hydrogen) atoms. The average molecular weight is 271 g/mol. The van der Waals surface area contributed by atoms with E-state index in [0.717, 1.165) is 11.1 Å². The molecule has 0 saturated carbocycles. The van der Waals surface area contributed by atoms with Gasteiger partial charge in [-0.05, 0) is 18.6 Å². The number of hydrogen-bond acceptors (Lipinski definition) is 3. The third-order valence-corrected chi connectivity index (χ3v) is 3.08. The Morgan fingerprint density at radius 1 is 1.20 bits per heavy atom. The molecule has 5 nitrogen and oxygen atoms in total. The van der Waals surface area contributed by atoms with Gasteiger partial charge in [0, 0.05) is 18.1 Å². The number of carboxylic acids is 1. The van der Waals surface area contributed by atoms with E-state index in [-0.39, 0.29) is 23.2 Å². The first-order valence-corrected chi connectivity index (χ1v) is 6.04. The van der Waals surface area contributed by atoms with E-state index in [9.17, 15) is 20.0 Å². The first-order chi connectivity index (χ1) is 9.49. The normalized spacial score (nSPS) is 10.2. The van der Waals surface area contributed by atoms with Crippen molar-refractivity contribution in [1.82, 2.24) is 0 Å². The molecule has 1 N–H and O–H groups in total. The van der Waals surface area contributed by atoms with Crippen molar-refractivity contribution in [2.75, 3.05) is 0 Å². The zero-order valence-corrected chi connectivity index (χ0v) is 10.9. The number of carboxylic acid groups (broad SMARTS) is 1. The largest absolute Gasteiger partial charge is 0.478 e. The van der Waals surface area contributed by atoms with Crippen LogP contribution in [0.3, 0.4) is 0 Å². The average Bonchev–Trinajstić information content (AvgIpc) is 2.41. The smallest absolute Gasteiger partial charge is 0.336 e. The molecule has 102 valence electrons. The van der Waals surface area contributed by atoms with Crippen LogP contribution in [0.15, 0.2) is 42.5 Å². The fraction of sp³-hybridized carbons (Fsp3) is 0.133. The molecule has 0 aromatic heterocycles. The maximum absolute atomic E-state index is 11.2. The quantitative estimate of drug-likeness (QED) is 0.684. The maximum Gasteiger partial charge on any atom is 0.336 e. The lowest BCUT2D eigenvalue weighted by molar-refractivity contribution is -0.385. The van der Waals surface area contributed by atoms with Crippen molar-refractivity contribution in [3.63, 3.8) is 0 Å². The number of nitro benzene ring substituents is 1. The molecule has 0 aliphatic heterocycles. The third kappa shape index (κ3) is 2.83. The minimum absolute atomic E-state index is 0.0280. The Morgan fingerprint density at radius 2 is 1.85 bits per heavy atom. The van der Waals surface area contributed by atoms with E-state index in [4.69, 9.17) is 0 Å². The summed E-state index contributed by atoms with van der Waals surface area (Å²) in [5, 5.41) is 20.2. The van der Waals surface area contributed by atoms with E-state index < -0.39 is 10.9 Å². The predicted octanol–water partition coefficient (Wildman–Crippen LogP) is 3.19. The summed E-state index contributed by atoms with van der Waals surface area (Å²) in [4.78, 5) is 21.7. The first kappa shape index (κ1) is 13.7. The second-order valence-electron chi connectivity index (χ2n) is 4.53. The monoisotopic (exact) mass is 271 g/mol. The molecule has 0 aliphatic rings. The molecular weight excluding hydrogens is 258 g/mol. The maximum atomic E-state index is 11.2. The van der Waals surface area contributed by atoms with Crippen LogP contribution in [0, 0.1) is 17.0 Å². The van der Waals surface area contributed by atoms with E-state index in [0.29, 0.717) is 0 Å². The SMILES string of the molecule is Cc1ccc(Cc2c(C(=O)O)cccc2[N+](=O)[O-])cc1. The number of rotatable bonds is 4. The van der Waals surface area contributed by atoms with E-state index in [1.165, 1.54) is 18.2 Å². The summed E-state index contributed by atoms with van der Waals surface area (Å²) in [6.45, 7) is 1.94. The van der Waals surface area contributed by atoms with Crippen molar-refractivity contribution in [3.05, 3.63) is 74.8 Å². The van der Waals surface area contributed by atoms with Crippen LogP contribution in [0.4, 0.5) is 5.69 Å². The highest BCUT2D eigenvalue weighted by Crippen LogP contribution is 2.25. The molecule has 0 bridgehead atoms. The van der Waals surface area contributed by atoms with Gasteiger partial charge in [-0.3, -0.25) is 10.1 Å². The van der Waals surface area contributed by atoms with Gasteiger partial charge in [-0.1, -0.05) is 35.9 Å². The summed E-state index contributed by atoms with van der Waals surface area (Å²) in [5.41, 5.74) is 1.96. The molecule has 0 amide bonds. The van der Waals surface area contributed by atoms with Gasteiger partial charge in [0.2, 0.25) is 0 Å². The molecular formula is C15H13NO4. The van der Waals surface area contributed by atoms with Crippen LogP contribution >= 0.6 is 0 Å². The lowest BCUT2D eigenvalue weighted by atomic mass is 9.97. The van der Waals surface area contributed by atoms with Crippen molar-refractivity contribution in [1.29, 1.82) is 0 Å². The Balaban J connectivity index is 2.50. The van der Waals surface area contributed by atoms with Gasteiger partial charge in [0.15, 0.2) is 0 Å². The van der Waals surface area contributed by atoms with Crippen LogP contribution in [-0.2, 0) is 6.42 Å². The molecule has 2 aromatic carbocycles. The number of carbonyl (C=O) groups is 1. The minimum Gasteiger partial charge on any atom is -0.478 e. The van der Waals surface area contributed by atoms with Crippen LogP contribution in [0.25, 0.3) is 0 Å². The molecule has 5 heteroatoms. The molecule has 0 atom stereocenters. The molecule has 2 aromatic rings. The highest BCUT2D eigenvalue weighted by Gasteiger charge is 2.21. The van der Waals surface area contributed by atoms with Crippen molar-refractivity contribution in [2.24, 2.45) is 0 Å². The van der Waals surface area contributed by atoms with Crippen LogP contribution in [0.5, 0.6) is 0 Å². The fourth-order valence-electron chi connectivity index (χ4n) is 2.04. The third-order valence-electron chi connectivity index (χ3n) is 3.08. The molecule has 0 saturated heterocycles. The van der Waals surface area contributed by atoms with E-state index in [2.05, 4.69) is 0 Å². The minimum atomic E-state index is -1.16. The van der Waals surface area contributed by atoms with E-state index in [1.54, 1.807) is 0 Å². The number of nitro groups is 1. The molecule has 0 radical (unpaired) electrons. The topological polar surface area (TPSA) is 80.4 Å². The zero-order chi connectivity index (χ0) is 14.7. The molecule has 0 fully saturated rings. The molecule has 0 aliphatic carbocycles. The van der Waals surface area contributed by atoms with Crippen LogP contribution in [0.1, 0.15) is 27.0 Å². The van der Waals surface area contributed by atoms with Crippen molar-refractivity contribution >= 4 is 11.7 Å². The van der Waals surface area contributed by atoms with E-state index in [1.807, 2.05) is 31.2 Å². The van der Waals surface area contributed by atoms with Crippen LogP contribution < -0.4 is 0 Å². The Morgan fingerprint density at radius 3 is 2.40 bits per heavy atom. The fourth-order valence-corrected chi connectivity index (χ4v) is 2.04. The van der Waals surface area contributed by atoms with Gasteiger partial charge in [-0.15, -0.1) is 0 Å². The standard InChI is InChI=1S/C15H13NO4/c1-10-5-7-11(8-6-10)9-13-12(15(17)18)3-2-4-14(13)16(19)20/h2-8H,9H2,1H3,(H,17,18). The number of hydrogen-bond donors (Lipinski definition) is 1. The summed E-state index contributed by atoms with van der Waals surface area (Å²) in [5.74, 6) is -1.16. The van der Waals surface area contributed by atoms with Crippen molar-refractivity contribution in [3.8, 4) is 0 Å². The highest BCUT2D eigenvalue weighted by molar-refractivity contribution is 5.90. The summed E-state index contributed by atoms with van der Waals surface area (Å²) >= 11 is 0. The number of benzene rings is 2. The van der Waals surface area contributed by atoms with Gasteiger partial charge in [-0.25, -0.2) is 4.79 Å². The Bertz CT molecular complexity index is 630. The van der Waals surface area contributed by atoms with E-state index >= 15 is 0 Å². The van der Waals surface area contributed by atoms with Crippen LogP contribution in [0.2, 0.25) is 0 Å². The lowest BCUT2D eigenvalue weighted by Crippen LogP contribution is -2.06. The second kappa shape index (κ2) is 5.52. The Hall–Kier alpha value is -2.69. The predicted molar refractivity (Wildman–Crippen MR) is 74.0 cm³/mol. The Labute approximate surface area is 115 Å². The van der Waals surface area contributed by atoms with Gasteiger partial charge in [0.25, 0.3) is 5.69 Å². The van der Waals surface area contributed by atoms with Crippen LogP contribution in [-0.4, -0.2) is 16.0 Å². The lowest BCUT2D eigenvalue weighted by Gasteiger charge is -2.07. The summed E-state index contributed by atoms with van der Waals surface area (Å²) in [6.07, 6.45) is 0.221. The summed E-state index contributed by atoms with van der Waals surface area (Å²) < 4.78 is 0. The van der Waals surface area contributed by atoms with Gasteiger partial charge in [0.1, 0.15) is 0 Å². The summed E-state index contributed by atoms with van der Waals surface area (Å²) in [6, 6.07) is 11.6. The van der Waals surface area contributed by atoms with Crippen molar-refractivity contribution < 1.29 is 14.8 Å². The second-order valence-corrected chi connectivity index (χ2v) is 4.53. The Kier molecular flexibility index (Phi) is 3.79. The molecule has 0 spiro atoms. The van der Waals surface area contributed by atoms with Gasteiger partial charge < -0.3 is 5.11 Å². The number of nitrogens with zero attached hydrogens (tertiary/aromatic N) is 1. The molecule has 2 rings (SSSR count). The van der Waals surface area contributed by atoms with Crippen molar-refractivity contribution in [2.45, 2.75) is 13.3 Å². The van der Waals surface area contributed by atoms with Gasteiger partial charge >= 0.3 is 5.97 Å². The molecule has 0 unspecified atom stereocenters. The highest BCUT2D eigenvalue weighted by atomic mass is 16.6. The number of aryl methyl sites for hydroxylation is 1. The first-order valence-electron chi connectivity index (χ1n) is 6.04. The number of aromatic carboxylic acids is 1.